The van der Waals surface area contributed by atoms with E-state index in [-0.39, 0.29) is 0 Å². The number of ketones is 1. The zero-order chi connectivity index (χ0) is 11.8. The molecule has 1 nitrogen and oxygen atoms in total. The molecule has 0 radical (unpaired) electrons. The van der Waals surface area contributed by atoms with Crippen LogP contribution in [0.1, 0.15) is 64.7 Å². The summed E-state index contributed by atoms with van der Waals surface area (Å²) in [6.45, 7) is 2.26. The van der Waals surface area contributed by atoms with Crippen LogP contribution in [0.5, 0.6) is 0 Å². The van der Waals surface area contributed by atoms with Crippen molar-refractivity contribution in [3.8, 4) is 0 Å². The largest absolute Gasteiger partial charge is 0.299 e. The molecule has 16 heavy (non-hydrogen) atoms. The molecule has 0 aromatic heterocycles. The molecule has 0 heterocycles. The number of halogens is 1. The fraction of sp³-hybridized carbons (Fsp3) is 0.929. The van der Waals surface area contributed by atoms with Crippen LogP contribution in [0.15, 0.2) is 0 Å². The molecule has 0 aliphatic heterocycles. The first-order valence-electron chi connectivity index (χ1n) is 6.86. The zero-order valence-electron chi connectivity index (χ0n) is 10.5. The van der Waals surface area contributed by atoms with Gasteiger partial charge < -0.3 is 0 Å². The second-order valence-corrected chi connectivity index (χ2v) is 5.91. The number of alkyl halides is 1. The number of hydrogen-bond donors (Lipinski definition) is 0. The van der Waals surface area contributed by atoms with Gasteiger partial charge in [0, 0.05) is 17.7 Å². The summed E-state index contributed by atoms with van der Waals surface area (Å²) in [4.78, 5) is 11.7. The molecule has 0 amide bonds. The lowest BCUT2D eigenvalue weighted by Gasteiger charge is -2.27. The van der Waals surface area contributed by atoms with Gasteiger partial charge >= 0.3 is 0 Å². The summed E-state index contributed by atoms with van der Waals surface area (Å²) in [6, 6.07) is 0. The minimum absolute atomic E-state index is 0.389. The van der Waals surface area contributed by atoms with Gasteiger partial charge in [-0.3, -0.25) is 4.79 Å². The van der Waals surface area contributed by atoms with Gasteiger partial charge in [0.1, 0.15) is 5.78 Å². The molecular formula is C14H25BrO. The Balaban J connectivity index is 2.15. The standard InChI is InChI=1S/C14H25BrO/c1-2-3-4-5-12-6-8-13(9-7-12)14(16)10-11-15/h12-13H,2-11H2,1H3. The van der Waals surface area contributed by atoms with Crippen LogP contribution >= 0.6 is 15.9 Å². The maximum Gasteiger partial charge on any atom is 0.136 e. The molecule has 0 spiro atoms. The first-order chi connectivity index (χ1) is 7.77. The predicted octanol–water partition coefficient (Wildman–Crippen LogP) is 4.73. The number of hydrogen-bond acceptors (Lipinski definition) is 1. The molecule has 0 N–H and O–H groups in total. The van der Waals surface area contributed by atoms with E-state index in [0.29, 0.717) is 11.7 Å². The maximum atomic E-state index is 11.7. The first kappa shape index (κ1) is 14.2. The smallest absolute Gasteiger partial charge is 0.136 e. The van der Waals surface area contributed by atoms with Crippen molar-refractivity contribution in [3.05, 3.63) is 0 Å². The van der Waals surface area contributed by atoms with Gasteiger partial charge in [-0.25, -0.2) is 0 Å². The van der Waals surface area contributed by atoms with Crippen LogP contribution in [0.25, 0.3) is 0 Å². The molecule has 1 aliphatic rings. The van der Waals surface area contributed by atoms with Crippen molar-refractivity contribution >= 4 is 21.7 Å². The molecule has 94 valence electrons. The molecule has 1 aliphatic carbocycles. The summed E-state index contributed by atoms with van der Waals surface area (Å²) >= 11 is 3.35. The van der Waals surface area contributed by atoms with Crippen LogP contribution in [-0.4, -0.2) is 11.1 Å². The fourth-order valence-corrected chi connectivity index (χ4v) is 3.14. The van der Waals surface area contributed by atoms with Crippen LogP contribution in [-0.2, 0) is 4.79 Å². The predicted molar refractivity (Wildman–Crippen MR) is 73.0 cm³/mol. The third-order valence-electron chi connectivity index (χ3n) is 3.86. The Labute approximate surface area is 109 Å². The summed E-state index contributed by atoms with van der Waals surface area (Å²) in [5.74, 6) is 1.79. The Morgan fingerprint density at radius 3 is 2.44 bits per heavy atom. The highest BCUT2D eigenvalue weighted by Gasteiger charge is 2.25. The molecule has 1 saturated carbocycles. The topological polar surface area (TPSA) is 17.1 Å². The molecular weight excluding hydrogens is 264 g/mol. The van der Waals surface area contributed by atoms with Crippen LogP contribution < -0.4 is 0 Å². The van der Waals surface area contributed by atoms with E-state index in [1.165, 1.54) is 38.5 Å². The van der Waals surface area contributed by atoms with Gasteiger partial charge in [-0.15, -0.1) is 0 Å². The van der Waals surface area contributed by atoms with Crippen LogP contribution in [0, 0.1) is 11.8 Å². The Hall–Kier alpha value is 0.150. The van der Waals surface area contributed by atoms with Gasteiger partial charge in [0.05, 0.1) is 0 Å². The lowest BCUT2D eigenvalue weighted by molar-refractivity contribution is -0.123. The Morgan fingerprint density at radius 1 is 1.19 bits per heavy atom. The van der Waals surface area contributed by atoms with Crippen molar-refractivity contribution in [1.82, 2.24) is 0 Å². The number of carbonyl (C=O) groups excluding carboxylic acids is 1. The maximum absolute atomic E-state index is 11.7. The molecule has 0 aromatic rings. The first-order valence-corrected chi connectivity index (χ1v) is 7.98. The fourth-order valence-electron chi connectivity index (χ4n) is 2.75. The molecule has 1 fully saturated rings. The van der Waals surface area contributed by atoms with E-state index in [1.807, 2.05) is 0 Å². The zero-order valence-corrected chi connectivity index (χ0v) is 12.1. The van der Waals surface area contributed by atoms with Gasteiger partial charge in [-0.2, -0.15) is 0 Å². The van der Waals surface area contributed by atoms with E-state index in [2.05, 4.69) is 22.9 Å². The van der Waals surface area contributed by atoms with Crippen molar-refractivity contribution in [1.29, 1.82) is 0 Å². The Kier molecular flexibility index (Phi) is 7.35. The minimum atomic E-state index is 0.389. The van der Waals surface area contributed by atoms with Crippen LogP contribution in [0.4, 0.5) is 0 Å². The minimum Gasteiger partial charge on any atom is -0.299 e. The quantitative estimate of drug-likeness (QED) is 0.489. The number of Topliss-reactive ketones (excluding diaryl/α,β-unsaturated/α-hetero) is 1. The van der Waals surface area contributed by atoms with Crippen molar-refractivity contribution < 1.29 is 4.79 Å². The van der Waals surface area contributed by atoms with Gasteiger partial charge in [0.25, 0.3) is 0 Å². The third kappa shape index (κ3) is 4.99. The van der Waals surface area contributed by atoms with Crippen molar-refractivity contribution in [2.75, 3.05) is 5.33 Å². The second-order valence-electron chi connectivity index (χ2n) is 5.12. The molecule has 2 heteroatoms. The van der Waals surface area contributed by atoms with Gasteiger partial charge in [0.15, 0.2) is 0 Å². The lowest BCUT2D eigenvalue weighted by atomic mass is 9.78. The second kappa shape index (κ2) is 8.27. The van der Waals surface area contributed by atoms with Crippen molar-refractivity contribution in [2.45, 2.75) is 64.7 Å². The highest BCUT2D eigenvalue weighted by atomic mass is 79.9. The number of rotatable bonds is 7. The van der Waals surface area contributed by atoms with Gasteiger partial charge in [0.2, 0.25) is 0 Å². The van der Waals surface area contributed by atoms with E-state index in [4.69, 9.17) is 0 Å². The van der Waals surface area contributed by atoms with Gasteiger partial charge in [-0.05, 0) is 31.6 Å². The molecule has 1 rings (SSSR count). The van der Waals surface area contributed by atoms with E-state index in [0.717, 1.165) is 30.5 Å². The Bertz CT molecular complexity index is 195. The summed E-state index contributed by atoms with van der Waals surface area (Å²) in [6.07, 6.45) is 11.1. The summed E-state index contributed by atoms with van der Waals surface area (Å²) in [5, 5.41) is 0.836. The highest BCUT2D eigenvalue weighted by molar-refractivity contribution is 9.09. The SMILES string of the molecule is CCCCCC1CCC(C(=O)CCBr)CC1. The van der Waals surface area contributed by atoms with Crippen LogP contribution in [0.2, 0.25) is 0 Å². The van der Waals surface area contributed by atoms with E-state index in [1.54, 1.807) is 0 Å². The normalized spacial score (nSPS) is 25.6. The van der Waals surface area contributed by atoms with Gasteiger partial charge in [-0.1, -0.05) is 48.5 Å². The summed E-state index contributed by atoms with van der Waals surface area (Å²) in [5.41, 5.74) is 0. The van der Waals surface area contributed by atoms with E-state index < -0.39 is 0 Å². The van der Waals surface area contributed by atoms with Crippen molar-refractivity contribution in [3.63, 3.8) is 0 Å². The summed E-state index contributed by atoms with van der Waals surface area (Å²) < 4.78 is 0. The number of unbranched alkanes of at least 4 members (excludes halogenated alkanes) is 2. The molecule has 0 saturated heterocycles. The average molecular weight is 289 g/mol. The Morgan fingerprint density at radius 2 is 1.88 bits per heavy atom. The average Bonchev–Trinajstić information content (AvgIpc) is 2.30. The van der Waals surface area contributed by atoms with E-state index in [9.17, 15) is 4.79 Å². The molecule has 0 bridgehead atoms. The monoisotopic (exact) mass is 288 g/mol. The molecule has 0 atom stereocenters. The van der Waals surface area contributed by atoms with E-state index >= 15 is 0 Å². The number of carbonyl (C=O) groups is 1. The molecule has 0 unspecified atom stereocenters. The van der Waals surface area contributed by atoms with Crippen LogP contribution in [0.3, 0.4) is 0 Å². The highest BCUT2D eigenvalue weighted by Crippen LogP contribution is 2.32. The molecule has 0 aromatic carbocycles. The third-order valence-corrected chi connectivity index (χ3v) is 4.26. The lowest BCUT2D eigenvalue weighted by Crippen LogP contribution is -2.22. The summed E-state index contributed by atoms with van der Waals surface area (Å²) in [7, 11) is 0. The van der Waals surface area contributed by atoms with Crippen molar-refractivity contribution in [2.24, 2.45) is 11.8 Å².